The lowest BCUT2D eigenvalue weighted by atomic mass is 10.1. The summed E-state index contributed by atoms with van der Waals surface area (Å²) in [4.78, 5) is 4.42. The van der Waals surface area contributed by atoms with Crippen LogP contribution in [-0.2, 0) is 24.2 Å². The summed E-state index contributed by atoms with van der Waals surface area (Å²) in [6, 6.07) is 10.1. The highest BCUT2D eigenvalue weighted by Gasteiger charge is 2.13. The number of rotatable bonds is 8. The Bertz CT molecular complexity index is 745. The average Bonchev–Trinajstić information content (AvgIpc) is 3.17. The van der Waals surface area contributed by atoms with Crippen LogP contribution in [0.3, 0.4) is 0 Å². The fraction of sp³-hybridized carbons (Fsp3) is 0.389. The van der Waals surface area contributed by atoms with Gasteiger partial charge in [-0.05, 0) is 25.8 Å². The van der Waals surface area contributed by atoms with Gasteiger partial charge in [0, 0.05) is 25.0 Å². The smallest absolute Gasteiger partial charge is 0.226 e. The molecular weight excluding hydrogens is 306 g/mol. The molecule has 0 radical (unpaired) electrons. The third kappa shape index (κ3) is 4.29. The van der Waals surface area contributed by atoms with E-state index in [1.54, 1.807) is 0 Å². The van der Waals surface area contributed by atoms with E-state index in [2.05, 4.69) is 27.4 Å². The Morgan fingerprint density at radius 2 is 1.88 bits per heavy atom. The van der Waals surface area contributed by atoms with Crippen molar-refractivity contribution in [3.05, 3.63) is 64.6 Å². The summed E-state index contributed by atoms with van der Waals surface area (Å²) in [5.41, 5.74) is 3.07. The zero-order chi connectivity index (χ0) is 16.8. The third-order valence-corrected chi connectivity index (χ3v) is 3.82. The molecule has 0 atom stereocenters. The number of hydrogen-bond acceptors (Lipinski definition) is 6. The minimum atomic E-state index is 0.579. The molecule has 2 heterocycles. The fourth-order valence-corrected chi connectivity index (χ4v) is 2.47. The molecule has 0 bridgehead atoms. The molecule has 0 fully saturated rings. The Kier molecular flexibility index (Phi) is 5.38. The number of nitrogens with zero attached hydrogens (tertiary/aromatic N) is 3. The second kappa shape index (κ2) is 7.88. The minimum Gasteiger partial charge on any atom is -0.377 e. The van der Waals surface area contributed by atoms with E-state index in [-0.39, 0.29) is 0 Å². The maximum Gasteiger partial charge on any atom is 0.226 e. The molecule has 24 heavy (non-hydrogen) atoms. The van der Waals surface area contributed by atoms with Gasteiger partial charge in [0.1, 0.15) is 5.76 Å². The summed E-state index contributed by atoms with van der Waals surface area (Å²) in [5.74, 6) is 2.10. The molecule has 0 amide bonds. The second-order valence-corrected chi connectivity index (χ2v) is 5.73. The van der Waals surface area contributed by atoms with E-state index >= 15 is 0 Å². The van der Waals surface area contributed by atoms with Crippen molar-refractivity contribution in [3.63, 3.8) is 0 Å². The van der Waals surface area contributed by atoms with Crippen molar-refractivity contribution in [2.24, 2.45) is 0 Å². The Balaban J connectivity index is 1.41. The van der Waals surface area contributed by atoms with Crippen LogP contribution in [0.4, 0.5) is 0 Å². The van der Waals surface area contributed by atoms with Gasteiger partial charge in [0.05, 0.1) is 12.3 Å². The topological polar surface area (TPSA) is 74.2 Å². The first-order valence-electron chi connectivity index (χ1n) is 8.07. The Hall–Kier alpha value is -2.47. The van der Waals surface area contributed by atoms with E-state index in [4.69, 9.17) is 13.8 Å². The van der Waals surface area contributed by atoms with Gasteiger partial charge in [-0.1, -0.05) is 40.6 Å². The van der Waals surface area contributed by atoms with Crippen molar-refractivity contribution >= 4 is 0 Å². The maximum atomic E-state index is 5.65. The van der Waals surface area contributed by atoms with Crippen molar-refractivity contribution < 1.29 is 13.8 Å². The van der Waals surface area contributed by atoms with E-state index in [1.807, 2.05) is 32.0 Å². The highest BCUT2D eigenvalue weighted by Crippen LogP contribution is 2.16. The first kappa shape index (κ1) is 16.4. The van der Waals surface area contributed by atoms with E-state index in [0.717, 1.165) is 23.4 Å². The number of hydrogen-bond donors (Lipinski definition) is 0. The Morgan fingerprint density at radius 3 is 2.62 bits per heavy atom. The molecule has 126 valence electrons. The normalized spacial score (nSPS) is 11.1. The SMILES string of the molecule is Cc1noc(C)c1Cc1noc(CCCOCc2ccccc2)n1. The van der Waals surface area contributed by atoms with Gasteiger partial charge >= 0.3 is 0 Å². The summed E-state index contributed by atoms with van der Waals surface area (Å²) in [6.07, 6.45) is 2.14. The molecule has 0 saturated heterocycles. The molecule has 0 unspecified atom stereocenters. The lowest BCUT2D eigenvalue weighted by Gasteiger charge is -2.02. The van der Waals surface area contributed by atoms with Crippen molar-refractivity contribution in [2.45, 2.75) is 39.7 Å². The van der Waals surface area contributed by atoms with Crippen LogP contribution in [0.25, 0.3) is 0 Å². The minimum absolute atomic E-state index is 0.579. The van der Waals surface area contributed by atoms with Crippen LogP contribution in [0.1, 0.15) is 40.7 Å². The summed E-state index contributed by atoms with van der Waals surface area (Å²) in [5, 5.41) is 7.96. The van der Waals surface area contributed by atoms with Crippen LogP contribution in [0.5, 0.6) is 0 Å². The molecule has 3 aromatic rings. The van der Waals surface area contributed by atoms with E-state index in [9.17, 15) is 0 Å². The van der Waals surface area contributed by atoms with Crippen molar-refractivity contribution in [3.8, 4) is 0 Å². The average molecular weight is 327 g/mol. The Morgan fingerprint density at radius 1 is 1.04 bits per heavy atom. The van der Waals surface area contributed by atoms with Gasteiger partial charge in [0.25, 0.3) is 0 Å². The van der Waals surface area contributed by atoms with Crippen molar-refractivity contribution in [1.29, 1.82) is 0 Å². The van der Waals surface area contributed by atoms with Gasteiger partial charge in [-0.15, -0.1) is 0 Å². The molecule has 1 aromatic carbocycles. The molecule has 3 rings (SSSR count). The third-order valence-electron chi connectivity index (χ3n) is 3.82. The highest BCUT2D eigenvalue weighted by molar-refractivity contribution is 5.24. The summed E-state index contributed by atoms with van der Waals surface area (Å²) < 4.78 is 16.1. The monoisotopic (exact) mass is 327 g/mol. The number of aromatic nitrogens is 3. The van der Waals surface area contributed by atoms with Gasteiger partial charge in [-0.2, -0.15) is 4.98 Å². The van der Waals surface area contributed by atoms with Gasteiger partial charge in [-0.25, -0.2) is 0 Å². The van der Waals surface area contributed by atoms with E-state index in [0.29, 0.717) is 37.8 Å². The van der Waals surface area contributed by atoms with Gasteiger partial charge in [0.15, 0.2) is 5.82 Å². The molecule has 0 saturated carbocycles. The molecular formula is C18H21N3O3. The summed E-state index contributed by atoms with van der Waals surface area (Å²) in [7, 11) is 0. The quantitative estimate of drug-likeness (QED) is 0.590. The predicted octanol–water partition coefficient (Wildman–Crippen LogP) is 3.41. The lowest BCUT2D eigenvalue weighted by Crippen LogP contribution is -1.98. The van der Waals surface area contributed by atoms with Crippen LogP contribution in [0.2, 0.25) is 0 Å². The zero-order valence-corrected chi connectivity index (χ0v) is 14.0. The Labute approximate surface area is 140 Å². The summed E-state index contributed by atoms with van der Waals surface area (Å²) >= 11 is 0. The molecule has 6 heteroatoms. The van der Waals surface area contributed by atoms with Crippen molar-refractivity contribution in [1.82, 2.24) is 15.3 Å². The van der Waals surface area contributed by atoms with Crippen LogP contribution in [-0.4, -0.2) is 21.9 Å². The van der Waals surface area contributed by atoms with Gasteiger partial charge in [-0.3, -0.25) is 0 Å². The van der Waals surface area contributed by atoms with E-state index < -0.39 is 0 Å². The molecule has 0 aliphatic carbocycles. The van der Waals surface area contributed by atoms with Crippen LogP contribution in [0.15, 0.2) is 39.4 Å². The van der Waals surface area contributed by atoms with Crippen molar-refractivity contribution in [2.75, 3.05) is 6.61 Å². The first-order chi connectivity index (χ1) is 11.7. The first-order valence-corrected chi connectivity index (χ1v) is 8.07. The van der Waals surface area contributed by atoms with E-state index in [1.165, 1.54) is 5.56 Å². The number of aryl methyl sites for hydroxylation is 3. The number of benzene rings is 1. The summed E-state index contributed by atoms with van der Waals surface area (Å²) in [6.45, 7) is 5.09. The second-order valence-electron chi connectivity index (χ2n) is 5.73. The zero-order valence-electron chi connectivity index (χ0n) is 14.0. The molecule has 0 spiro atoms. The standard InChI is InChI=1S/C18H21N3O3/c1-13-16(14(2)23-20-13)11-17-19-18(24-21-17)9-6-10-22-12-15-7-4-3-5-8-15/h3-5,7-8H,6,9-12H2,1-2H3. The maximum absolute atomic E-state index is 5.65. The molecule has 2 aromatic heterocycles. The van der Waals surface area contributed by atoms with Crippen LogP contribution >= 0.6 is 0 Å². The van der Waals surface area contributed by atoms with Crippen LogP contribution in [0, 0.1) is 13.8 Å². The largest absolute Gasteiger partial charge is 0.377 e. The molecule has 0 aliphatic heterocycles. The predicted molar refractivity (Wildman–Crippen MR) is 87.5 cm³/mol. The fourth-order valence-electron chi connectivity index (χ4n) is 2.47. The van der Waals surface area contributed by atoms with Gasteiger partial charge in [0.2, 0.25) is 5.89 Å². The highest BCUT2D eigenvalue weighted by atomic mass is 16.5. The molecule has 0 aliphatic rings. The molecule has 0 N–H and O–H groups in total. The van der Waals surface area contributed by atoms with Crippen LogP contribution < -0.4 is 0 Å². The number of ether oxygens (including phenoxy) is 1. The molecule has 6 nitrogen and oxygen atoms in total. The van der Waals surface area contributed by atoms with Gasteiger partial charge < -0.3 is 13.8 Å². The lowest BCUT2D eigenvalue weighted by molar-refractivity contribution is 0.117.